The summed E-state index contributed by atoms with van der Waals surface area (Å²) in [5.74, 6) is 0.248. The summed E-state index contributed by atoms with van der Waals surface area (Å²) in [7, 11) is 0. The van der Waals surface area contributed by atoms with Gasteiger partial charge in [0.1, 0.15) is 0 Å². The van der Waals surface area contributed by atoms with E-state index in [4.69, 9.17) is 0 Å². The fourth-order valence-corrected chi connectivity index (χ4v) is 4.15. The number of hydrogen-bond acceptors (Lipinski definition) is 2. The Balaban J connectivity index is 1.24. The SMILES string of the molecule is CCc1ccc(C(=O)N2CCN(C(=O)CCCc3c[nH]c4ccccc34)CC2)cc1. The van der Waals surface area contributed by atoms with Crippen LogP contribution in [-0.4, -0.2) is 52.8 Å². The fraction of sp³-hybridized carbons (Fsp3) is 0.360. The smallest absolute Gasteiger partial charge is 0.253 e. The van der Waals surface area contributed by atoms with E-state index >= 15 is 0 Å². The Morgan fingerprint density at radius 3 is 2.37 bits per heavy atom. The van der Waals surface area contributed by atoms with E-state index in [2.05, 4.69) is 24.0 Å². The molecule has 4 rings (SSSR count). The van der Waals surface area contributed by atoms with Crippen LogP contribution in [-0.2, 0) is 17.6 Å². The molecule has 1 saturated heterocycles. The molecule has 156 valence electrons. The van der Waals surface area contributed by atoms with Gasteiger partial charge in [0.05, 0.1) is 0 Å². The van der Waals surface area contributed by atoms with Crippen molar-refractivity contribution in [2.24, 2.45) is 0 Å². The second kappa shape index (κ2) is 9.16. The maximum Gasteiger partial charge on any atom is 0.253 e. The van der Waals surface area contributed by atoms with Gasteiger partial charge in [0.2, 0.25) is 5.91 Å². The maximum atomic E-state index is 12.7. The van der Waals surface area contributed by atoms with E-state index in [1.54, 1.807) is 0 Å². The van der Waals surface area contributed by atoms with Gasteiger partial charge in [0.25, 0.3) is 5.91 Å². The van der Waals surface area contributed by atoms with E-state index in [1.807, 2.05) is 52.4 Å². The third-order valence-corrected chi connectivity index (χ3v) is 6.04. The number of rotatable bonds is 6. The molecule has 0 aliphatic carbocycles. The Morgan fingerprint density at radius 1 is 0.933 bits per heavy atom. The van der Waals surface area contributed by atoms with E-state index in [0.717, 1.165) is 30.3 Å². The Morgan fingerprint density at radius 2 is 1.63 bits per heavy atom. The molecule has 0 spiro atoms. The van der Waals surface area contributed by atoms with Crippen LogP contribution in [0.2, 0.25) is 0 Å². The minimum atomic E-state index is 0.0593. The van der Waals surface area contributed by atoms with Gasteiger partial charge in [0, 0.05) is 55.3 Å². The number of nitrogens with zero attached hydrogens (tertiary/aromatic N) is 2. The van der Waals surface area contributed by atoms with Crippen molar-refractivity contribution in [1.29, 1.82) is 0 Å². The monoisotopic (exact) mass is 403 g/mol. The number of aromatic amines is 1. The highest BCUT2D eigenvalue weighted by molar-refractivity contribution is 5.94. The van der Waals surface area contributed by atoms with Gasteiger partial charge in [-0.05, 0) is 48.6 Å². The summed E-state index contributed by atoms with van der Waals surface area (Å²) in [5, 5.41) is 1.24. The van der Waals surface area contributed by atoms with Crippen LogP contribution in [0.3, 0.4) is 0 Å². The number of para-hydroxylation sites is 1. The molecule has 30 heavy (non-hydrogen) atoms. The molecule has 0 unspecified atom stereocenters. The standard InChI is InChI=1S/C25H29N3O2/c1-2-19-10-12-20(13-11-19)25(30)28-16-14-27(15-17-28)24(29)9-5-6-21-18-26-23-8-4-3-7-22(21)23/h3-4,7-8,10-13,18,26H,2,5-6,9,14-17H2,1H3. The van der Waals surface area contributed by atoms with Gasteiger partial charge in [0.15, 0.2) is 0 Å². The average molecular weight is 404 g/mol. The molecule has 0 saturated carbocycles. The topological polar surface area (TPSA) is 56.4 Å². The van der Waals surface area contributed by atoms with Crippen molar-refractivity contribution in [2.45, 2.75) is 32.6 Å². The van der Waals surface area contributed by atoms with Gasteiger partial charge in [-0.25, -0.2) is 0 Å². The third-order valence-electron chi connectivity index (χ3n) is 6.04. The number of carbonyl (C=O) groups excluding carboxylic acids is 2. The lowest BCUT2D eigenvalue weighted by molar-refractivity contribution is -0.132. The second-order valence-electron chi connectivity index (χ2n) is 7.94. The fourth-order valence-electron chi connectivity index (χ4n) is 4.15. The molecule has 0 bridgehead atoms. The average Bonchev–Trinajstić information content (AvgIpc) is 3.22. The van der Waals surface area contributed by atoms with Crippen LogP contribution >= 0.6 is 0 Å². The van der Waals surface area contributed by atoms with Crippen molar-refractivity contribution in [3.05, 3.63) is 71.4 Å². The van der Waals surface area contributed by atoms with Crippen LogP contribution in [0.1, 0.15) is 41.3 Å². The first-order chi connectivity index (χ1) is 14.7. The molecule has 1 aliphatic heterocycles. The zero-order valence-electron chi connectivity index (χ0n) is 17.6. The number of nitrogens with one attached hydrogen (secondary N) is 1. The van der Waals surface area contributed by atoms with Crippen molar-refractivity contribution in [3.63, 3.8) is 0 Å². The maximum absolute atomic E-state index is 12.7. The molecule has 0 atom stereocenters. The van der Waals surface area contributed by atoms with Gasteiger partial charge in [-0.1, -0.05) is 37.3 Å². The quantitative estimate of drug-likeness (QED) is 0.675. The highest BCUT2D eigenvalue weighted by Crippen LogP contribution is 2.20. The van der Waals surface area contributed by atoms with Crippen molar-refractivity contribution < 1.29 is 9.59 Å². The number of aryl methyl sites for hydroxylation is 2. The number of benzene rings is 2. The lowest BCUT2D eigenvalue weighted by atomic mass is 10.1. The predicted molar refractivity (Wildman–Crippen MR) is 120 cm³/mol. The molecular weight excluding hydrogens is 374 g/mol. The summed E-state index contributed by atoms with van der Waals surface area (Å²) in [6, 6.07) is 16.1. The van der Waals surface area contributed by atoms with Crippen LogP contribution in [0.5, 0.6) is 0 Å². The predicted octanol–water partition coefficient (Wildman–Crippen LogP) is 4.04. The second-order valence-corrected chi connectivity index (χ2v) is 7.94. The minimum Gasteiger partial charge on any atom is -0.361 e. The lowest BCUT2D eigenvalue weighted by Gasteiger charge is -2.35. The summed E-state index contributed by atoms with van der Waals surface area (Å²) >= 11 is 0. The number of fused-ring (bicyclic) bond motifs is 1. The normalized spacial score (nSPS) is 14.3. The van der Waals surface area contributed by atoms with Gasteiger partial charge in [-0.3, -0.25) is 9.59 Å². The number of carbonyl (C=O) groups is 2. The molecule has 1 aliphatic rings. The van der Waals surface area contributed by atoms with Crippen LogP contribution in [0, 0.1) is 0 Å². The molecule has 1 fully saturated rings. The molecule has 5 heteroatoms. The first-order valence-corrected chi connectivity index (χ1v) is 10.9. The summed E-state index contributed by atoms with van der Waals surface area (Å²) in [6.45, 7) is 4.54. The van der Waals surface area contributed by atoms with Gasteiger partial charge in [-0.15, -0.1) is 0 Å². The van der Waals surface area contributed by atoms with E-state index in [0.29, 0.717) is 32.6 Å². The van der Waals surface area contributed by atoms with Crippen LogP contribution < -0.4 is 0 Å². The van der Waals surface area contributed by atoms with Crippen LogP contribution in [0.25, 0.3) is 10.9 Å². The minimum absolute atomic E-state index is 0.0593. The van der Waals surface area contributed by atoms with Crippen molar-refractivity contribution in [1.82, 2.24) is 14.8 Å². The molecule has 2 aromatic carbocycles. The summed E-state index contributed by atoms with van der Waals surface area (Å²) in [4.78, 5) is 32.4. The lowest BCUT2D eigenvalue weighted by Crippen LogP contribution is -2.50. The molecule has 2 heterocycles. The van der Waals surface area contributed by atoms with Crippen LogP contribution in [0.4, 0.5) is 0 Å². The van der Waals surface area contributed by atoms with Crippen molar-refractivity contribution >= 4 is 22.7 Å². The Hall–Kier alpha value is -3.08. The molecule has 1 aromatic heterocycles. The molecule has 1 N–H and O–H groups in total. The number of H-pyrrole nitrogens is 1. The van der Waals surface area contributed by atoms with E-state index in [-0.39, 0.29) is 11.8 Å². The summed E-state index contributed by atoms with van der Waals surface area (Å²) in [6.07, 6.45) is 5.29. The zero-order valence-corrected chi connectivity index (χ0v) is 17.6. The third kappa shape index (κ3) is 4.40. The van der Waals surface area contributed by atoms with Gasteiger partial charge < -0.3 is 14.8 Å². The summed E-state index contributed by atoms with van der Waals surface area (Å²) in [5.41, 5.74) is 4.37. The highest BCUT2D eigenvalue weighted by atomic mass is 16.2. The molecule has 5 nitrogen and oxygen atoms in total. The Bertz CT molecular complexity index is 1010. The van der Waals surface area contributed by atoms with Crippen molar-refractivity contribution in [2.75, 3.05) is 26.2 Å². The van der Waals surface area contributed by atoms with E-state index in [1.165, 1.54) is 16.5 Å². The van der Waals surface area contributed by atoms with Gasteiger partial charge >= 0.3 is 0 Å². The molecule has 3 aromatic rings. The number of piperazine rings is 1. The van der Waals surface area contributed by atoms with Crippen LogP contribution in [0.15, 0.2) is 54.7 Å². The zero-order chi connectivity index (χ0) is 20.9. The highest BCUT2D eigenvalue weighted by Gasteiger charge is 2.24. The number of hydrogen-bond donors (Lipinski definition) is 1. The number of aromatic nitrogens is 1. The summed E-state index contributed by atoms with van der Waals surface area (Å²) < 4.78 is 0. The van der Waals surface area contributed by atoms with Crippen molar-refractivity contribution in [3.8, 4) is 0 Å². The Labute approximate surface area is 177 Å². The first kappa shape index (κ1) is 20.2. The molecule has 2 amide bonds. The van der Waals surface area contributed by atoms with E-state index in [9.17, 15) is 9.59 Å². The van der Waals surface area contributed by atoms with E-state index < -0.39 is 0 Å². The van der Waals surface area contributed by atoms with Gasteiger partial charge in [-0.2, -0.15) is 0 Å². The number of amides is 2. The molecular formula is C25H29N3O2. The largest absolute Gasteiger partial charge is 0.361 e. The Kier molecular flexibility index (Phi) is 6.17. The molecule has 0 radical (unpaired) electrons. The first-order valence-electron chi connectivity index (χ1n) is 10.9.